The van der Waals surface area contributed by atoms with Gasteiger partial charge in [-0.1, -0.05) is 41.7 Å². The molecule has 0 aromatic heterocycles. The topological polar surface area (TPSA) is 70.2 Å². The molecule has 0 saturated heterocycles. The van der Waals surface area contributed by atoms with Crippen molar-refractivity contribution >= 4 is 58.1 Å². The number of amides is 3. The zero-order chi connectivity index (χ0) is 19.3. The van der Waals surface area contributed by atoms with Gasteiger partial charge in [-0.25, -0.2) is 4.79 Å². The van der Waals surface area contributed by atoms with Gasteiger partial charge in [-0.2, -0.15) is 0 Å². The Morgan fingerprint density at radius 3 is 2.31 bits per heavy atom. The van der Waals surface area contributed by atoms with Gasteiger partial charge in [-0.05, 0) is 49.7 Å². The van der Waals surface area contributed by atoms with Gasteiger partial charge in [0.2, 0.25) is 0 Å². The Bertz CT molecular complexity index is 827. The maximum Gasteiger partial charge on any atom is 0.323 e. The largest absolute Gasteiger partial charge is 0.350 e. The summed E-state index contributed by atoms with van der Waals surface area (Å²) in [5.74, 6) is -0.232. The van der Waals surface area contributed by atoms with Crippen molar-refractivity contribution in [2.24, 2.45) is 0 Å². The number of carbonyl (C=O) groups is 2. The van der Waals surface area contributed by atoms with Gasteiger partial charge >= 0.3 is 6.03 Å². The first-order valence-corrected chi connectivity index (χ1v) is 9.07. The van der Waals surface area contributed by atoms with Crippen LogP contribution in [0.4, 0.5) is 16.2 Å². The number of carbonyl (C=O) groups excluding carboxylic acids is 2. The van der Waals surface area contributed by atoms with Gasteiger partial charge in [0.15, 0.2) is 0 Å². The number of hydrogen-bond donors (Lipinski definition) is 3. The van der Waals surface area contributed by atoms with E-state index in [1.807, 2.05) is 13.8 Å². The Kier molecular flexibility index (Phi) is 7.14. The Morgan fingerprint density at radius 1 is 0.962 bits per heavy atom. The standard InChI is InChI=1S/C18H18Cl3N3O2/c1-3-10(2)22-17(25)11-4-6-14(20)16(8-11)24-18(26)23-12-5-7-13(19)15(21)9-12/h4-10H,3H2,1-2H3,(H,22,25)(H2,23,24,26)/t10-/m0/s1. The second-order valence-corrected chi connectivity index (χ2v) is 6.91. The minimum Gasteiger partial charge on any atom is -0.350 e. The van der Waals surface area contributed by atoms with Crippen molar-refractivity contribution < 1.29 is 9.59 Å². The van der Waals surface area contributed by atoms with E-state index >= 15 is 0 Å². The highest BCUT2D eigenvalue weighted by Crippen LogP contribution is 2.26. The number of anilines is 2. The first kappa shape index (κ1) is 20.4. The molecule has 3 amide bonds. The maximum atomic E-state index is 12.2. The van der Waals surface area contributed by atoms with Crippen molar-refractivity contribution in [3.63, 3.8) is 0 Å². The van der Waals surface area contributed by atoms with Crippen LogP contribution in [0.3, 0.4) is 0 Å². The molecule has 0 aliphatic carbocycles. The van der Waals surface area contributed by atoms with Crippen LogP contribution in [0.1, 0.15) is 30.6 Å². The van der Waals surface area contributed by atoms with E-state index in [1.165, 1.54) is 12.1 Å². The molecule has 0 unspecified atom stereocenters. The summed E-state index contributed by atoms with van der Waals surface area (Å²) in [6, 6.07) is 8.93. The molecule has 138 valence electrons. The Morgan fingerprint density at radius 2 is 1.65 bits per heavy atom. The highest BCUT2D eigenvalue weighted by molar-refractivity contribution is 6.42. The van der Waals surface area contributed by atoms with Crippen LogP contribution in [0.25, 0.3) is 0 Å². The third-order valence-corrected chi connectivity index (χ3v) is 4.71. The molecule has 0 radical (unpaired) electrons. The lowest BCUT2D eigenvalue weighted by atomic mass is 10.1. The molecule has 0 aliphatic rings. The molecule has 2 aromatic rings. The lowest BCUT2D eigenvalue weighted by Gasteiger charge is -2.13. The third kappa shape index (κ3) is 5.53. The quantitative estimate of drug-likeness (QED) is 0.577. The molecule has 2 aromatic carbocycles. The molecule has 1 atom stereocenters. The first-order valence-electron chi connectivity index (χ1n) is 7.93. The van der Waals surface area contributed by atoms with Gasteiger partial charge in [-0.3, -0.25) is 4.79 Å². The van der Waals surface area contributed by atoms with E-state index in [2.05, 4.69) is 16.0 Å². The minimum absolute atomic E-state index is 0.0486. The van der Waals surface area contributed by atoms with Gasteiger partial charge in [-0.15, -0.1) is 0 Å². The summed E-state index contributed by atoms with van der Waals surface area (Å²) in [6.45, 7) is 3.89. The highest BCUT2D eigenvalue weighted by atomic mass is 35.5. The van der Waals surface area contributed by atoms with Crippen LogP contribution in [0.5, 0.6) is 0 Å². The smallest absolute Gasteiger partial charge is 0.323 e. The molecule has 26 heavy (non-hydrogen) atoms. The zero-order valence-corrected chi connectivity index (χ0v) is 16.5. The third-order valence-electron chi connectivity index (χ3n) is 3.64. The van der Waals surface area contributed by atoms with E-state index in [9.17, 15) is 9.59 Å². The van der Waals surface area contributed by atoms with E-state index in [4.69, 9.17) is 34.8 Å². The molecule has 0 heterocycles. The predicted molar refractivity (Wildman–Crippen MR) is 108 cm³/mol. The van der Waals surface area contributed by atoms with Gasteiger partial charge in [0, 0.05) is 17.3 Å². The fourth-order valence-corrected chi connectivity index (χ4v) is 2.49. The summed E-state index contributed by atoms with van der Waals surface area (Å²) >= 11 is 17.9. The molecule has 8 heteroatoms. The maximum absolute atomic E-state index is 12.2. The van der Waals surface area contributed by atoms with E-state index in [0.29, 0.717) is 32.0 Å². The summed E-state index contributed by atoms with van der Waals surface area (Å²) in [7, 11) is 0. The molecule has 3 N–H and O–H groups in total. The average molecular weight is 415 g/mol. The van der Waals surface area contributed by atoms with Crippen LogP contribution >= 0.6 is 34.8 Å². The summed E-state index contributed by atoms with van der Waals surface area (Å²) in [5, 5.41) is 9.13. The summed E-state index contributed by atoms with van der Waals surface area (Å²) in [5.41, 5.74) is 1.19. The van der Waals surface area contributed by atoms with Crippen LogP contribution in [-0.4, -0.2) is 18.0 Å². The summed E-state index contributed by atoms with van der Waals surface area (Å²) < 4.78 is 0. The zero-order valence-electron chi connectivity index (χ0n) is 14.2. The second-order valence-electron chi connectivity index (χ2n) is 5.69. The van der Waals surface area contributed by atoms with Crippen LogP contribution in [0.15, 0.2) is 36.4 Å². The molecule has 0 bridgehead atoms. The van der Waals surface area contributed by atoms with Crippen molar-refractivity contribution in [2.75, 3.05) is 10.6 Å². The van der Waals surface area contributed by atoms with Crippen LogP contribution in [-0.2, 0) is 0 Å². The molecule has 0 fully saturated rings. The van der Waals surface area contributed by atoms with Gasteiger partial charge in [0.05, 0.1) is 20.8 Å². The number of hydrogen-bond acceptors (Lipinski definition) is 2. The van der Waals surface area contributed by atoms with Gasteiger partial charge in [0.25, 0.3) is 5.91 Å². The Balaban J connectivity index is 2.10. The molecule has 0 saturated carbocycles. The van der Waals surface area contributed by atoms with E-state index in [0.717, 1.165) is 6.42 Å². The van der Waals surface area contributed by atoms with Crippen molar-refractivity contribution in [2.45, 2.75) is 26.3 Å². The average Bonchev–Trinajstić information content (AvgIpc) is 2.59. The van der Waals surface area contributed by atoms with Crippen LogP contribution in [0, 0.1) is 0 Å². The molecule has 0 aliphatic heterocycles. The summed E-state index contributed by atoms with van der Waals surface area (Å²) in [6.07, 6.45) is 0.816. The Labute approximate surface area is 167 Å². The van der Waals surface area contributed by atoms with Gasteiger partial charge in [0.1, 0.15) is 0 Å². The molecular weight excluding hydrogens is 397 g/mol. The normalized spacial score (nSPS) is 11.6. The second kappa shape index (κ2) is 9.12. The number of nitrogens with one attached hydrogen (secondary N) is 3. The Hall–Kier alpha value is -1.95. The van der Waals surface area contributed by atoms with Gasteiger partial charge < -0.3 is 16.0 Å². The molecule has 5 nitrogen and oxygen atoms in total. The van der Waals surface area contributed by atoms with Crippen molar-refractivity contribution in [1.29, 1.82) is 0 Å². The van der Waals surface area contributed by atoms with E-state index in [1.54, 1.807) is 24.3 Å². The summed E-state index contributed by atoms with van der Waals surface area (Å²) in [4.78, 5) is 24.4. The number of urea groups is 1. The van der Waals surface area contributed by atoms with Crippen molar-refractivity contribution in [1.82, 2.24) is 5.32 Å². The van der Waals surface area contributed by atoms with Crippen molar-refractivity contribution in [3.05, 3.63) is 57.0 Å². The first-order chi connectivity index (χ1) is 12.3. The van der Waals surface area contributed by atoms with Crippen LogP contribution in [0.2, 0.25) is 15.1 Å². The van der Waals surface area contributed by atoms with Crippen molar-refractivity contribution in [3.8, 4) is 0 Å². The molecule has 0 spiro atoms. The van der Waals surface area contributed by atoms with E-state index < -0.39 is 6.03 Å². The SMILES string of the molecule is CC[C@H](C)NC(=O)c1ccc(Cl)c(NC(=O)Nc2ccc(Cl)c(Cl)c2)c1. The number of halogens is 3. The minimum atomic E-state index is -0.523. The lowest BCUT2D eigenvalue weighted by Crippen LogP contribution is -2.32. The number of benzene rings is 2. The highest BCUT2D eigenvalue weighted by Gasteiger charge is 2.13. The lowest BCUT2D eigenvalue weighted by molar-refractivity contribution is 0.0939. The number of rotatable bonds is 5. The monoisotopic (exact) mass is 413 g/mol. The predicted octanol–water partition coefficient (Wildman–Crippen LogP) is 5.82. The fourth-order valence-electron chi connectivity index (χ4n) is 2.03. The molecule has 2 rings (SSSR count). The fraction of sp³-hybridized carbons (Fsp3) is 0.222. The van der Waals surface area contributed by atoms with Crippen LogP contribution < -0.4 is 16.0 Å². The molecular formula is C18H18Cl3N3O2. The van der Waals surface area contributed by atoms with E-state index in [-0.39, 0.29) is 11.9 Å².